The van der Waals surface area contributed by atoms with E-state index in [-0.39, 0.29) is 0 Å². The SMILES string of the molecule is CCCN(CCC)c1cc(N(c2ccc(OC)cc2Cl)C(CC)C(=O)O)nc2ccnn12. The highest BCUT2D eigenvalue weighted by molar-refractivity contribution is 6.33. The molecule has 0 aliphatic heterocycles. The normalized spacial score (nSPS) is 12.0. The quantitative estimate of drug-likeness (QED) is 0.431. The Morgan fingerprint density at radius 3 is 2.47 bits per heavy atom. The zero-order valence-corrected chi connectivity index (χ0v) is 19.7. The van der Waals surface area contributed by atoms with Gasteiger partial charge in [-0.25, -0.2) is 9.78 Å². The fraction of sp³-hybridized carbons (Fsp3) is 0.435. The zero-order chi connectivity index (χ0) is 23.3. The number of aromatic nitrogens is 3. The average molecular weight is 460 g/mol. The van der Waals surface area contributed by atoms with E-state index in [1.807, 2.05) is 19.1 Å². The van der Waals surface area contributed by atoms with Crippen molar-refractivity contribution in [2.24, 2.45) is 0 Å². The van der Waals surface area contributed by atoms with E-state index < -0.39 is 12.0 Å². The number of anilines is 3. The number of benzene rings is 1. The fourth-order valence-electron chi connectivity index (χ4n) is 3.84. The zero-order valence-electron chi connectivity index (χ0n) is 19.0. The Morgan fingerprint density at radius 1 is 1.19 bits per heavy atom. The summed E-state index contributed by atoms with van der Waals surface area (Å²) in [4.78, 5) is 20.9. The number of nitrogens with zero attached hydrogens (tertiary/aromatic N) is 5. The second-order valence-corrected chi connectivity index (χ2v) is 7.92. The van der Waals surface area contributed by atoms with Gasteiger partial charge in [0, 0.05) is 31.3 Å². The third-order valence-electron chi connectivity index (χ3n) is 5.28. The van der Waals surface area contributed by atoms with E-state index in [2.05, 4.69) is 23.8 Å². The van der Waals surface area contributed by atoms with E-state index in [1.165, 1.54) is 0 Å². The van der Waals surface area contributed by atoms with Crippen molar-refractivity contribution >= 4 is 40.5 Å². The fourth-order valence-corrected chi connectivity index (χ4v) is 4.10. The van der Waals surface area contributed by atoms with Gasteiger partial charge in [0.2, 0.25) is 0 Å². The molecule has 1 unspecified atom stereocenters. The van der Waals surface area contributed by atoms with Gasteiger partial charge in [0.25, 0.3) is 0 Å². The number of hydrogen-bond donors (Lipinski definition) is 1. The molecule has 0 bridgehead atoms. The molecule has 9 heteroatoms. The second kappa shape index (κ2) is 10.5. The molecule has 8 nitrogen and oxygen atoms in total. The van der Waals surface area contributed by atoms with Gasteiger partial charge in [-0.15, -0.1) is 0 Å². The summed E-state index contributed by atoms with van der Waals surface area (Å²) < 4.78 is 7.06. The number of fused-ring (bicyclic) bond motifs is 1. The second-order valence-electron chi connectivity index (χ2n) is 7.51. The van der Waals surface area contributed by atoms with Crippen molar-refractivity contribution in [2.45, 2.75) is 46.1 Å². The van der Waals surface area contributed by atoms with Gasteiger partial charge in [-0.2, -0.15) is 9.61 Å². The maximum absolute atomic E-state index is 12.2. The van der Waals surface area contributed by atoms with Gasteiger partial charge in [-0.05, 0) is 31.4 Å². The predicted molar refractivity (Wildman–Crippen MR) is 128 cm³/mol. The summed E-state index contributed by atoms with van der Waals surface area (Å²) in [6, 6.07) is 8.08. The molecule has 0 spiro atoms. The standard InChI is InChI=1S/C23H30ClN5O3/c1-5-12-27(13-6-2)22-15-21(26-20-10-11-25-29(20)22)28(18(7-3)23(30)31)19-9-8-16(32-4)14-17(19)24/h8-11,14-15,18H,5-7,12-13H2,1-4H3,(H,30,31). The Morgan fingerprint density at radius 2 is 1.91 bits per heavy atom. The molecule has 1 aromatic carbocycles. The first-order chi connectivity index (χ1) is 15.4. The summed E-state index contributed by atoms with van der Waals surface area (Å²) >= 11 is 6.59. The molecule has 0 saturated heterocycles. The van der Waals surface area contributed by atoms with Gasteiger partial charge in [0.1, 0.15) is 23.4 Å². The number of halogens is 1. The molecule has 32 heavy (non-hydrogen) atoms. The minimum atomic E-state index is -0.949. The first-order valence-electron chi connectivity index (χ1n) is 10.9. The van der Waals surface area contributed by atoms with Crippen LogP contribution in [0.2, 0.25) is 5.02 Å². The van der Waals surface area contributed by atoms with Crippen LogP contribution in [0.4, 0.5) is 17.3 Å². The van der Waals surface area contributed by atoms with Crippen molar-refractivity contribution in [1.82, 2.24) is 14.6 Å². The van der Waals surface area contributed by atoms with Gasteiger partial charge in [-0.3, -0.25) is 0 Å². The van der Waals surface area contributed by atoms with Crippen molar-refractivity contribution in [3.8, 4) is 5.75 Å². The van der Waals surface area contributed by atoms with Crippen LogP contribution in [0.5, 0.6) is 5.75 Å². The Kier molecular flexibility index (Phi) is 7.80. The van der Waals surface area contributed by atoms with Gasteiger partial charge in [0.05, 0.1) is 24.0 Å². The monoisotopic (exact) mass is 459 g/mol. The first-order valence-corrected chi connectivity index (χ1v) is 11.3. The number of aliphatic carboxylic acids is 1. The average Bonchev–Trinajstić information content (AvgIpc) is 3.25. The minimum absolute atomic E-state index is 0.368. The van der Waals surface area contributed by atoms with Gasteiger partial charge >= 0.3 is 5.97 Å². The molecule has 0 amide bonds. The number of hydrogen-bond acceptors (Lipinski definition) is 6. The summed E-state index contributed by atoms with van der Waals surface area (Å²) in [6.45, 7) is 7.80. The number of carboxylic acids is 1. The Hall–Kier alpha value is -3.00. The van der Waals surface area contributed by atoms with Crippen molar-refractivity contribution in [1.29, 1.82) is 0 Å². The number of rotatable bonds is 11. The third-order valence-corrected chi connectivity index (χ3v) is 5.59. The van der Waals surface area contributed by atoms with E-state index in [9.17, 15) is 9.90 Å². The molecule has 2 aromatic heterocycles. The molecule has 2 heterocycles. The lowest BCUT2D eigenvalue weighted by molar-refractivity contribution is -0.138. The van der Waals surface area contributed by atoms with Crippen LogP contribution in [0.3, 0.4) is 0 Å². The van der Waals surface area contributed by atoms with Crippen molar-refractivity contribution in [3.63, 3.8) is 0 Å². The highest BCUT2D eigenvalue weighted by atomic mass is 35.5. The highest BCUT2D eigenvalue weighted by Crippen LogP contribution is 2.37. The Balaban J connectivity index is 2.24. The van der Waals surface area contributed by atoms with Crippen molar-refractivity contribution in [3.05, 3.63) is 41.6 Å². The third kappa shape index (κ3) is 4.75. The molecule has 0 fully saturated rings. The summed E-state index contributed by atoms with van der Waals surface area (Å²) in [6.07, 6.45) is 4.01. The maximum Gasteiger partial charge on any atom is 0.326 e. The number of methoxy groups -OCH3 is 1. The van der Waals surface area contributed by atoms with Crippen LogP contribution in [-0.2, 0) is 4.79 Å². The van der Waals surface area contributed by atoms with Crippen LogP contribution in [-0.4, -0.2) is 51.9 Å². The van der Waals surface area contributed by atoms with Crippen LogP contribution in [0.25, 0.3) is 5.65 Å². The molecule has 0 aliphatic carbocycles. The smallest absolute Gasteiger partial charge is 0.326 e. The lowest BCUT2D eigenvalue weighted by Gasteiger charge is -2.32. The van der Waals surface area contributed by atoms with Crippen LogP contribution >= 0.6 is 11.6 Å². The van der Waals surface area contributed by atoms with E-state index in [0.29, 0.717) is 34.3 Å². The molecular weight excluding hydrogens is 430 g/mol. The lowest BCUT2D eigenvalue weighted by atomic mass is 10.1. The number of ether oxygens (including phenoxy) is 1. The molecular formula is C23H30ClN5O3. The number of carbonyl (C=O) groups is 1. The van der Waals surface area contributed by atoms with E-state index in [4.69, 9.17) is 21.3 Å². The van der Waals surface area contributed by atoms with E-state index in [1.54, 1.807) is 40.9 Å². The van der Waals surface area contributed by atoms with Crippen LogP contribution < -0.4 is 14.5 Å². The van der Waals surface area contributed by atoms with Crippen LogP contribution in [0, 0.1) is 0 Å². The van der Waals surface area contributed by atoms with Crippen molar-refractivity contribution in [2.75, 3.05) is 30.0 Å². The molecule has 172 valence electrons. The van der Waals surface area contributed by atoms with Gasteiger partial charge in [-0.1, -0.05) is 32.4 Å². The highest BCUT2D eigenvalue weighted by Gasteiger charge is 2.30. The summed E-state index contributed by atoms with van der Waals surface area (Å²) in [5, 5.41) is 14.9. The Labute approximate surface area is 193 Å². The van der Waals surface area contributed by atoms with E-state index >= 15 is 0 Å². The minimum Gasteiger partial charge on any atom is -0.497 e. The molecule has 1 atom stereocenters. The molecule has 3 rings (SSSR count). The molecule has 0 saturated carbocycles. The molecule has 3 aromatic rings. The lowest BCUT2D eigenvalue weighted by Crippen LogP contribution is -2.38. The topological polar surface area (TPSA) is 83.2 Å². The molecule has 0 aliphatic rings. The molecule has 1 N–H and O–H groups in total. The largest absolute Gasteiger partial charge is 0.497 e. The van der Waals surface area contributed by atoms with Crippen molar-refractivity contribution < 1.29 is 14.6 Å². The van der Waals surface area contributed by atoms with E-state index in [0.717, 1.165) is 31.7 Å². The van der Waals surface area contributed by atoms with Gasteiger partial charge in [0.15, 0.2) is 5.65 Å². The summed E-state index contributed by atoms with van der Waals surface area (Å²) in [7, 11) is 1.56. The summed E-state index contributed by atoms with van der Waals surface area (Å²) in [5.74, 6) is 1.02. The summed E-state index contributed by atoms with van der Waals surface area (Å²) in [5.41, 5.74) is 1.20. The van der Waals surface area contributed by atoms with Gasteiger partial charge < -0.3 is 19.6 Å². The maximum atomic E-state index is 12.2. The first kappa shape index (κ1) is 23.7. The van der Waals surface area contributed by atoms with Crippen LogP contribution in [0.15, 0.2) is 36.5 Å². The Bertz CT molecular complexity index is 1060. The predicted octanol–water partition coefficient (Wildman–Crippen LogP) is 5.02. The molecule has 0 radical (unpaired) electrons. The van der Waals surface area contributed by atoms with Crippen LogP contribution in [0.1, 0.15) is 40.0 Å². The number of carboxylic acid groups (broad SMARTS) is 1.